The fraction of sp³-hybridized carbons (Fsp3) is 0.263. The molecule has 0 aliphatic heterocycles. The molecule has 0 spiro atoms. The second-order valence-corrected chi connectivity index (χ2v) is 5.14. The first-order valence-electron chi connectivity index (χ1n) is 7.89. The number of amides is 1. The quantitative estimate of drug-likeness (QED) is 0.754. The van der Waals surface area contributed by atoms with Crippen LogP contribution < -0.4 is 14.8 Å². The Morgan fingerprint density at radius 3 is 2.42 bits per heavy atom. The van der Waals surface area contributed by atoms with Gasteiger partial charge in [0.15, 0.2) is 18.1 Å². The maximum Gasteiger partial charge on any atom is 0.262 e. The van der Waals surface area contributed by atoms with Gasteiger partial charge in [0.2, 0.25) is 0 Å². The van der Waals surface area contributed by atoms with Gasteiger partial charge in [-0.15, -0.1) is 0 Å². The zero-order valence-electron chi connectivity index (χ0n) is 13.9. The highest BCUT2D eigenvalue weighted by atomic mass is 16.5. The molecule has 126 valence electrons. The second kappa shape index (κ2) is 8.72. The molecular weight excluding hydrogens is 306 g/mol. The maximum absolute atomic E-state index is 12.0. The standard InChI is InChI=1S/C19H21NO4/c1-3-14-5-8-16(9-6-14)20-19(22)13-24-17-10-7-15(12-21)11-18(17)23-4-2/h5-12H,3-4,13H2,1-2H3,(H,20,22). The molecule has 0 atom stereocenters. The number of aryl methyl sites for hydroxylation is 1. The minimum atomic E-state index is -0.263. The molecule has 0 unspecified atom stereocenters. The van der Waals surface area contributed by atoms with E-state index in [0.29, 0.717) is 23.7 Å². The van der Waals surface area contributed by atoms with Crippen molar-refractivity contribution in [2.24, 2.45) is 0 Å². The average molecular weight is 327 g/mol. The molecule has 24 heavy (non-hydrogen) atoms. The van der Waals surface area contributed by atoms with Crippen molar-refractivity contribution < 1.29 is 19.1 Å². The van der Waals surface area contributed by atoms with E-state index in [1.165, 1.54) is 5.56 Å². The number of benzene rings is 2. The molecule has 0 radical (unpaired) electrons. The molecule has 0 aliphatic rings. The Balaban J connectivity index is 1.96. The number of hydrogen-bond acceptors (Lipinski definition) is 4. The molecule has 1 amide bonds. The van der Waals surface area contributed by atoms with Crippen LogP contribution >= 0.6 is 0 Å². The SMILES string of the molecule is CCOc1cc(C=O)ccc1OCC(=O)Nc1ccc(CC)cc1. The first-order valence-corrected chi connectivity index (χ1v) is 7.89. The van der Waals surface area contributed by atoms with Crippen LogP contribution in [0.25, 0.3) is 0 Å². The van der Waals surface area contributed by atoms with Crippen LogP contribution in [0.3, 0.4) is 0 Å². The lowest BCUT2D eigenvalue weighted by atomic mass is 10.1. The Bertz CT molecular complexity index is 695. The Labute approximate surface area is 141 Å². The summed E-state index contributed by atoms with van der Waals surface area (Å²) in [5.41, 5.74) is 2.43. The summed E-state index contributed by atoms with van der Waals surface area (Å²) in [6.45, 7) is 4.21. The fourth-order valence-corrected chi connectivity index (χ4v) is 2.15. The number of carbonyl (C=O) groups is 2. The topological polar surface area (TPSA) is 64.6 Å². The van der Waals surface area contributed by atoms with Crippen LogP contribution in [-0.2, 0) is 11.2 Å². The zero-order valence-corrected chi connectivity index (χ0v) is 13.9. The number of aldehydes is 1. The predicted octanol–water partition coefficient (Wildman–Crippen LogP) is 3.48. The van der Waals surface area contributed by atoms with Gasteiger partial charge in [0.05, 0.1) is 6.61 Å². The molecular formula is C19H21NO4. The lowest BCUT2D eigenvalue weighted by molar-refractivity contribution is -0.118. The van der Waals surface area contributed by atoms with Gasteiger partial charge in [0, 0.05) is 11.3 Å². The molecule has 0 fully saturated rings. The Morgan fingerprint density at radius 1 is 1.04 bits per heavy atom. The Hall–Kier alpha value is -2.82. The second-order valence-electron chi connectivity index (χ2n) is 5.14. The third-order valence-electron chi connectivity index (χ3n) is 3.41. The van der Waals surface area contributed by atoms with Gasteiger partial charge in [-0.05, 0) is 49.2 Å². The highest BCUT2D eigenvalue weighted by molar-refractivity contribution is 5.91. The molecule has 0 saturated heterocycles. The number of nitrogens with one attached hydrogen (secondary N) is 1. The number of ether oxygens (including phenoxy) is 2. The van der Waals surface area contributed by atoms with E-state index in [0.717, 1.165) is 18.4 Å². The molecule has 0 heterocycles. The van der Waals surface area contributed by atoms with Gasteiger partial charge in [0.25, 0.3) is 5.91 Å². The Kier molecular flexibility index (Phi) is 6.37. The summed E-state index contributed by atoms with van der Waals surface area (Å²) >= 11 is 0. The van der Waals surface area contributed by atoms with E-state index in [4.69, 9.17) is 9.47 Å². The summed E-state index contributed by atoms with van der Waals surface area (Å²) < 4.78 is 11.0. The van der Waals surface area contributed by atoms with Gasteiger partial charge in [0.1, 0.15) is 6.29 Å². The van der Waals surface area contributed by atoms with Gasteiger partial charge in [-0.25, -0.2) is 0 Å². The molecule has 0 aromatic heterocycles. The molecule has 2 aromatic carbocycles. The van der Waals surface area contributed by atoms with Crippen molar-refractivity contribution in [1.29, 1.82) is 0 Å². The minimum Gasteiger partial charge on any atom is -0.490 e. The summed E-state index contributed by atoms with van der Waals surface area (Å²) in [4.78, 5) is 22.8. The predicted molar refractivity (Wildman–Crippen MR) is 92.9 cm³/mol. The maximum atomic E-state index is 12.0. The van der Waals surface area contributed by atoms with Crippen LogP contribution in [-0.4, -0.2) is 25.4 Å². The molecule has 0 aliphatic carbocycles. The van der Waals surface area contributed by atoms with Crippen molar-refractivity contribution in [3.8, 4) is 11.5 Å². The number of anilines is 1. The van der Waals surface area contributed by atoms with Crippen LogP contribution in [0.4, 0.5) is 5.69 Å². The van der Waals surface area contributed by atoms with E-state index >= 15 is 0 Å². The largest absolute Gasteiger partial charge is 0.490 e. The molecule has 5 nitrogen and oxygen atoms in total. The monoisotopic (exact) mass is 327 g/mol. The summed E-state index contributed by atoms with van der Waals surface area (Å²) in [5.74, 6) is 0.613. The highest BCUT2D eigenvalue weighted by Crippen LogP contribution is 2.28. The van der Waals surface area contributed by atoms with Crippen LogP contribution in [0.2, 0.25) is 0 Å². The fourth-order valence-electron chi connectivity index (χ4n) is 2.15. The number of rotatable bonds is 8. The summed E-state index contributed by atoms with van der Waals surface area (Å²) in [5, 5.41) is 2.78. The third-order valence-corrected chi connectivity index (χ3v) is 3.41. The normalized spacial score (nSPS) is 10.1. The third kappa shape index (κ3) is 4.84. The van der Waals surface area contributed by atoms with Crippen LogP contribution in [0.15, 0.2) is 42.5 Å². The van der Waals surface area contributed by atoms with E-state index in [1.54, 1.807) is 18.2 Å². The van der Waals surface area contributed by atoms with Crippen LogP contribution in [0.1, 0.15) is 29.8 Å². The first-order chi connectivity index (χ1) is 11.7. The Morgan fingerprint density at radius 2 is 1.79 bits per heavy atom. The van der Waals surface area contributed by atoms with Crippen LogP contribution in [0, 0.1) is 0 Å². The first kappa shape index (κ1) is 17.5. The van der Waals surface area contributed by atoms with Gasteiger partial charge >= 0.3 is 0 Å². The molecule has 2 rings (SSSR count). The number of carbonyl (C=O) groups excluding carboxylic acids is 2. The molecule has 2 aromatic rings. The van der Waals surface area contributed by atoms with Crippen molar-refractivity contribution in [2.75, 3.05) is 18.5 Å². The van der Waals surface area contributed by atoms with Crippen molar-refractivity contribution in [3.05, 3.63) is 53.6 Å². The summed E-state index contributed by atoms with van der Waals surface area (Å²) in [6.07, 6.45) is 1.69. The van der Waals surface area contributed by atoms with E-state index in [9.17, 15) is 9.59 Å². The molecule has 5 heteroatoms. The lowest BCUT2D eigenvalue weighted by Gasteiger charge is -2.12. The molecule has 0 saturated carbocycles. The summed E-state index contributed by atoms with van der Waals surface area (Å²) in [7, 11) is 0. The summed E-state index contributed by atoms with van der Waals surface area (Å²) in [6, 6.07) is 12.5. The zero-order chi connectivity index (χ0) is 17.4. The van der Waals surface area contributed by atoms with Gasteiger partial charge < -0.3 is 14.8 Å². The average Bonchev–Trinajstić information content (AvgIpc) is 2.61. The van der Waals surface area contributed by atoms with E-state index in [-0.39, 0.29) is 12.5 Å². The lowest BCUT2D eigenvalue weighted by Crippen LogP contribution is -2.20. The van der Waals surface area contributed by atoms with E-state index in [2.05, 4.69) is 12.2 Å². The molecule has 1 N–H and O–H groups in total. The van der Waals surface area contributed by atoms with Crippen molar-refractivity contribution >= 4 is 17.9 Å². The van der Waals surface area contributed by atoms with Gasteiger partial charge in [-0.3, -0.25) is 9.59 Å². The minimum absolute atomic E-state index is 0.143. The van der Waals surface area contributed by atoms with Gasteiger partial charge in [-0.1, -0.05) is 19.1 Å². The van der Waals surface area contributed by atoms with E-state index < -0.39 is 0 Å². The van der Waals surface area contributed by atoms with Crippen molar-refractivity contribution in [1.82, 2.24) is 0 Å². The van der Waals surface area contributed by atoms with Crippen molar-refractivity contribution in [2.45, 2.75) is 20.3 Å². The van der Waals surface area contributed by atoms with Crippen LogP contribution in [0.5, 0.6) is 11.5 Å². The number of hydrogen-bond donors (Lipinski definition) is 1. The highest BCUT2D eigenvalue weighted by Gasteiger charge is 2.09. The smallest absolute Gasteiger partial charge is 0.262 e. The molecule has 0 bridgehead atoms. The van der Waals surface area contributed by atoms with Crippen molar-refractivity contribution in [3.63, 3.8) is 0 Å². The van der Waals surface area contributed by atoms with Gasteiger partial charge in [-0.2, -0.15) is 0 Å². The van der Waals surface area contributed by atoms with E-state index in [1.807, 2.05) is 31.2 Å².